The van der Waals surface area contributed by atoms with Crippen LogP contribution >= 0.6 is 11.3 Å². The van der Waals surface area contributed by atoms with Gasteiger partial charge >= 0.3 is 0 Å². The number of likely N-dealkylation sites (tertiary alicyclic amines) is 1. The van der Waals surface area contributed by atoms with E-state index >= 15 is 0 Å². The van der Waals surface area contributed by atoms with Gasteiger partial charge < -0.3 is 14.6 Å². The van der Waals surface area contributed by atoms with Gasteiger partial charge in [-0.25, -0.2) is 9.97 Å². The lowest BCUT2D eigenvalue weighted by Crippen LogP contribution is -2.41. The monoisotopic (exact) mass is 398 g/mol. The van der Waals surface area contributed by atoms with E-state index in [1.54, 1.807) is 23.2 Å². The molecule has 28 heavy (non-hydrogen) atoms. The number of hydrogen-bond donors (Lipinski definition) is 1. The van der Waals surface area contributed by atoms with Crippen LogP contribution in [0.2, 0.25) is 0 Å². The number of aromatic nitrogens is 2. The second-order valence-electron chi connectivity index (χ2n) is 7.18. The number of aryl methyl sites for hydroxylation is 2. The summed E-state index contributed by atoms with van der Waals surface area (Å²) in [5, 5.41) is 3.99. The maximum atomic E-state index is 12.6. The van der Waals surface area contributed by atoms with Gasteiger partial charge in [-0.3, -0.25) is 9.59 Å². The number of carbonyl (C=O) groups excluding carboxylic acids is 2. The second-order valence-corrected chi connectivity index (χ2v) is 8.41. The Kier molecular flexibility index (Phi) is 5.13. The minimum absolute atomic E-state index is 0.0304. The summed E-state index contributed by atoms with van der Waals surface area (Å²) < 4.78 is 6.20. The summed E-state index contributed by atoms with van der Waals surface area (Å²) in [6, 6.07) is 5.76. The van der Waals surface area contributed by atoms with Crippen LogP contribution in [0.15, 0.2) is 28.9 Å². The largest absolute Gasteiger partial charge is 0.448 e. The van der Waals surface area contributed by atoms with Crippen LogP contribution in [0.1, 0.15) is 40.6 Å². The molecule has 1 aliphatic heterocycles. The van der Waals surface area contributed by atoms with Crippen molar-refractivity contribution in [3.05, 3.63) is 41.1 Å². The van der Waals surface area contributed by atoms with Gasteiger partial charge in [-0.2, -0.15) is 0 Å². The highest BCUT2D eigenvalue weighted by molar-refractivity contribution is 7.18. The van der Waals surface area contributed by atoms with Crippen LogP contribution in [0.5, 0.6) is 0 Å². The number of amides is 2. The van der Waals surface area contributed by atoms with Crippen LogP contribution in [0.3, 0.4) is 0 Å². The second kappa shape index (κ2) is 7.71. The van der Waals surface area contributed by atoms with Crippen molar-refractivity contribution in [3.8, 4) is 0 Å². The van der Waals surface area contributed by atoms with Crippen molar-refractivity contribution in [2.24, 2.45) is 5.92 Å². The Morgan fingerprint density at radius 3 is 2.96 bits per heavy atom. The number of piperidine rings is 1. The number of fused-ring (bicyclic) bond motifs is 1. The number of nitrogens with one attached hydrogen (secondary N) is 1. The zero-order chi connectivity index (χ0) is 19.7. The van der Waals surface area contributed by atoms with Gasteiger partial charge in [0.2, 0.25) is 5.91 Å². The first kappa shape index (κ1) is 18.6. The Balaban J connectivity index is 1.36. The number of hydrogen-bond acceptors (Lipinski definition) is 6. The molecule has 1 fully saturated rings. The zero-order valence-corrected chi connectivity index (χ0v) is 16.7. The average Bonchev–Trinajstić information content (AvgIpc) is 3.25. The molecule has 7 nitrogen and oxygen atoms in total. The van der Waals surface area contributed by atoms with E-state index in [1.807, 2.05) is 25.1 Å². The minimum Gasteiger partial charge on any atom is -0.448 e. The number of anilines is 1. The first-order valence-electron chi connectivity index (χ1n) is 9.36. The number of benzene rings is 1. The van der Waals surface area contributed by atoms with E-state index in [0.717, 1.165) is 33.8 Å². The van der Waals surface area contributed by atoms with Crippen molar-refractivity contribution >= 4 is 39.1 Å². The third-order valence-electron chi connectivity index (χ3n) is 4.90. The van der Waals surface area contributed by atoms with Gasteiger partial charge in [0.1, 0.15) is 6.26 Å². The van der Waals surface area contributed by atoms with E-state index in [1.165, 1.54) is 6.26 Å². The fourth-order valence-electron chi connectivity index (χ4n) is 3.63. The smallest absolute Gasteiger partial charge is 0.275 e. The maximum absolute atomic E-state index is 12.6. The van der Waals surface area contributed by atoms with Crippen molar-refractivity contribution in [1.82, 2.24) is 14.9 Å². The fraction of sp³-hybridized carbons (Fsp3) is 0.400. The molecule has 0 saturated carbocycles. The maximum Gasteiger partial charge on any atom is 0.275 e. The summed E-state index contributed by atoms with van der Waals surface area (Å²) in [5.74, 6) is 0.453. The third kappa shape index (κ3) is 4.06. The lowest BCUT2D eigenvalue weighted by atomic mass is 9.94. The Morgan fingerprint density at radius 1 is 1.32 bits per heavy atom. The van der Waals surface area contributed by atoms with E-state index in [2.05, 4.69) is 15.3 Å². The highest BCUT2D eigenvalue weighted by Gasteiger charge is 2.27. The topological polar surface area (TPSA) is 88.3 Å². The minimum atomic E-state index is -0.132. The Morgan fingerprint density at radius 2 is 2.18 bits per heavy atom. The fourth-order valence-corrected chi connectivity index (χ4v) is 4.50. The molecule has 2 amide bonds. The molecule has 1 aromatic carbocycles. The third-order valence-corrected chi connectivity index (χ3v) is 5.83. The van der Waals surface area contributed by atoms with Crippen molar-refractivity contribution in [2.75, 3.05) is 18.4 Å². The van der Waals surface area contributed by atoms with Crippen molar-refractivity contribution < 1.29 is 14.0 Å². The molecule has 2 aromatic heterocycles. The van der Waals surface area contributed by atoms with Crippen molar-refractivity contribution in [3.63, 3.8) is 0 Å². The number of rotatable bonds is 4. The summed E-state index contributed by atoms with van der Waals surface area (Å²) in [6.45, 7) is 4.93. The van der Waals surface area contributed by atoms with Gasteiger partial charge in [-0.05, 0) is 43.9 Å². The average molecular weight is 398 g/mol. The molecule has 4 rings (SSSR count). The molecule has 1 N–H and O–H groups in total. The Hall–Kier alpha value is -2.74. The van der Waals surface area contributed by atoms with Crippen LogP contribution in [-0.2, 0) is 4.79 Å². The quantitative estimate of drug-likeness (QED) is 0.722. The number of oxazole rings is 1. The number of nitrogens with zero attached hydrogens (tertiary/aromatic N) is 3. The van der Waals surface area contributed by atoms with Gasteiger partial charge in [-0.15, -0.1) is 11.3 Å². The van der Waals surface area contributed by atoms with Crippen LogP contribution in [-0.4, -0.2) is 39.8 Å². The van der Waals surface area contributed by atoms with Gasteiger partial charge in [0.15, 0.2) is 11.6 Å². The Bertz CT molecular complexity index is 1030. The van der Waals surface area contributed by atoms with Crippen LogP contribution in [0.4, 0.5) is 5.69 Å². The van der Waals surface area contributed by atoms with Crippen molar-refractivity contribution in [2.45, 2.75) is 33.1 Å². The van der Waals surface area contributed by atoms with Crippen LogP contribution in [0, 0.1) is 19.8 Å². The highest BCUT2D eigenvalue weighted by Crippen LogP contribution is 2.26. The highest BCUT2D eigenvalue weighted by atomic mass is 32.1. The predicted octanol–water partition coefficient (Wildman–Crippen LogP) is 3.78. The molecule has 8 heteroatoms. The molecule has 1 aliphatic rings. The molecule has 1 saturated heterocycles. The van der Waals surface area contributed by atoms with Crippen LogP contribution < -0.4 is 5.32 Å². The van der Waals surface area contributed by atoms with Crippen molar-refractivity contribution in [1.29, 1.82) is 0 Å². The summed E-state index contributed by atoms with van der Waals surface area (Å²) in [4.78, 5) is 35.4. The van der Waals surface area contributed by atoms with Gasteiger partial charge in [0, 0.05) is 32.1 Å². The molecule has 1 atom stereocenters. The van der Waals surface area contributed by atoms with Crippen LogP contribution in [0.25, 0.3) is 10.2 Å². The number of thiazole rings is 1. The molecular weight excluding hydrogens is 376 g/mol. The SMILES string of the molecule is Cc1nc(C(=O)N2CCCC(CC(=O)Nc3ccc4nc(C)sc4c3)C2)co1. The molecule has 146 valence electrons. The molecule has 3 heterocycles. The van der Waals surface area contributed by atoms with E-state index in [9.17, 15) is 9.59 Å². The molecule has 1 unspecified atom stereocenters. The lowest BCUT2D eigenvalue weighted by Gasteiger charge is -2.32. The molecular formula is C20H22N4O3S. The first-order valence-corrected chi connectivity index (χ1v) is 10.2. The van der Waals surface area contributed by atoms with E-state index in [4.69, 9.17) is 4.42 Å². The van der Waals surface area contributed by atoms with Gasteiger partial charge in [0.05, 0.1) is 15.2 Å². The van der Waals surface area contributed by atoms with E-state index in [-0.39, 0.29) is 17.7 Å². The lowest BCUT2D eigenvalue weighted by molar-refractivity contribution is -0.117. The number of carbonyl (C=O) groups is 2. The summed E-state index contributed by atoms with van der Waals surface area (Å²) in [7, 11) is 0. The van der Waals surface area contributed by atoms with Gasteiger partial charge in [0.25, 0.3) is 5.91 Å². The normalized spacial score (nSPS) is 17.1. The molecule has 0 aliphatic carbocycles. The molecule has 0 bridgehead atoms. The summed E-state index contributed by atoms with van der Waals surface area (Å²) >= 11 is 1.61. The van der Waals surface area contributed by atoms with E-state index < -0.39 is 0 Å². The zero-order valence-electron chi connectivity index (χ0n) is 15.9. The summed E-state index contributed by atoms with van der Waals surface area (Å²) in [6.07, 6.45) is 3.60. The molecule has 3 aromatic rings. The Labute approximate surface area is 166 Å². The molecule has 0 spiro atoms. The van der Waals surface area contributed by atoms with E-state index in [0.29, 0.717) is 31.1 Å². The predicted molar refractivity (Wildman–Crippen MR) is 107 cm³/mol. The first-order chi connectivity index (χ1) is 13.5. The standard InChI is InChI=1S/C20H22N4O3S/c1-12-21-17(11-27-12)20(26)24-7-3-4-14(10-24)8-19(25)23-15-5-6-16-18(9-15)28-13(2)22-16/h5-6,9,11,14H,3-4,7-8,10H2,1-2H3,(H,23,25). The van der Waals surface area contributed by atoms with Gasteiger partial charge in [-0.1, -0.05) is 0 Å². The summed E-state index contributed by atoms with van der Waals surface area (Å²) in [5.41, 5.74) is 2.06. The molecule has 0 radical (unpaired) electrons.